The Morgan fingerprint density at radius 2 is 1.72 bits per heavy atom. The summed E-state index contributed by atoms with van der Waals surface area (Å²) in [4.78, 5) is 4.81. The maximum Gasteiger partial charge on any atom is 0.306 e. The van der Waals surface area contributed by atoms with Crippen LogP contribution in [0.3, 0.4) is 0 Å². The van der Waals surface area contributed by atoms with E-state index in [1.807, 2.05) is 72.1 Å². The van der Waals surface area contributed by atoms with Gasteiger partial charge in [0, 0.05) is 18.3 Å². The highest BCUT2D eigenvalue weighted by molar-refractivity contribution is 7.86. The third-order valence-electron chi connectivity index (χ3n) is 4.53. The van der Waals surface area contributed by atoms with Crippen molar-refractivity contribution in [3.05, 3.63) is 84.1 Å². The Morgan fingerprint density at radius 1 is 1.00 bits per heavy atom. The van der Waals surface area contributed by atoms with Crippen molar-refractivity contribution >= 4 is 21.6 Å². The number of anilines is 1. The minimum Gasteiger partial charge on any atom is -0.382 e. The van der Waals surface area contributed by atoms with Gasteiger partial charge in [-0.1, -0.05) is 48.5 Å². The molecule has 0 atom stereocenters. The summed E-state index contributed by atoms with van der Waals surface area (Å²) in [5.74, 6) is 1.02. The summed E-state index contributed by atoms with van der Waals surface area (Å²) in [6, 6.07) is 21.0. The number of pyridine rings is 1. The van der Waals surface area contributed by atoms with E-state index in [-0.39, 0.29) is 5.75 Å². The number of para-hydroxylation sites is 1. The van der Waals surface area contributed by atoms with Gasteiger partial charge in [-0.05, 0) is 36.2 Å². The van der Waals surface area contributed by atoms with Gasteiger partial charge in [0.25, 0.3) is 0 Å². The van der Waals surface area contributed by atoms with Crippen LogP contribution in [0.4, 0.5) is 5.82 Å². The molecule has 2 aromatic carbocycles. The average Bonchev–Trinajstić information content (AvgIpc) is 3.06. The van der Waals surface area contributed by atoms with E-state index < -0.39 is 10.1 Å². The molecule has 1 N–H and O–H groups in total. The molecule has 0 fully saturated rings. The van der Waals surface area contributed by atoms with E-state index in [9.17, 15) is 8.42 Å². The number of imidazole rings is 1. The molecule has 6 nitrogen and oxygen atoms in total. The largest absolute Gasteiger partial charge is 0.382 e. The van der Waals surface area contributed by atoms with Crippen molar-refractivity contribution in [2.24, 2.45) is 0 Å². The second-order valence-electron chi connectivity index (χ2n) is 6.82. The molecule has 2 heterocycles. The van der Waals surface area contributed by atoms with Gasteiger partial charge < -0.3 is 9.50 Å². The van der Waals surface area contributed by atoms with E-state index in [0.717, 1.165) is 28.8 Å². The van der Waals surface area contributed by atoms with Crippen LogP contribution in [0.15, 0.2) is 72.9 Å². The number of nitrogens with one attached hydrogen (secondary N) is 1. The van der Waals surface area contributed by atoms with Crippen LogP contribution in [0.2, 0.25) is 0 Å². The zero-order valence-electron chi connectivity index (χ0n) is 16.2. The number of nitrogens with zero attached hydrogens (tertiary/aromatic N) is 2. The number of aryl methyl sites for hydroxylation is 1. The Labute approximate surface area is 169 Å². The topological polar surface area (TPSA) is 72.7 Å². The third kappa shape index (κ3) is 4.09. The lowest BCUT2D eigenvalue weighted by Gasteiger charge is -2.12. The first-order valence-electron chi connectivity index (χ1n) is 9.17. The van der Waals surface area contributed by atoms with Crippen LogP contribution in [-0.2, 0) is 16.7 Å². The molecular formula is C22H21N3O3S. The van der Waals surface area contributed by atoms with E-state index in [2.05, 4.69) is 5.32 Å². The third-order valence-corrected chi connectivity index (χ3v) is 5.01. The Hall–Kier alpha value is -3.32. The molecule has 0 radical (unpaired) electrons. The standard InChI is InChI=1S/C22H21N3O3S/c1-16-9-8-14-25-21(16)24-20(22(25)23-15-17-10-4-3-5-11-17)18-12-6-7-13-19(18)28-29(2,26)27/h3-14,23H,15H2,1-2H3. The first kappa shape index (κ1) is 19.0. The molecule has 0 bridgehead atoms. The van der Waals surface area contributed by atoms with Crippen molar-refractivity contribution < 1.29 is 12.6 Å². The summed E-state index contributed by atoms with van der Waals surface area (Å²) in [7, 11) is -3.67. The summed E-state index contributed by atoms with van der Waals surface area (Å²) in [5, 5.41) is 3.46. The normalized spacial score (nSPS) is 11.5. The van der Waals surface area contributed by atoms with Gasteiger partial charge in [-0.3, -0.25) is 4.40 Å². The Morgan fingerprint density at radius 3 is 2.48 bits per heavy atom. The van der Waals surface area contributed by atoms with E-state index in [1.165, 1.54) is 0 Å². The molecule has 4 rings (SSSR count). The highest BCUT2D eigenvalue weighted by Gasteiger charge is 2.20. The predicted molar refractivity (Wildman–Crippen MR) is 115 cm³/mol. The Kier molecular flexibility index (Phi) is 4.98. The van der Waals surface area contributed by atoms with Gasteiger partial charge in [0.05, 0.1) is 6.26 Å². The molecule has 148 valence electrons. The molecule has 0 aliphatic rings. The molecule has 2 aromatic heterocycles. The minimum absolute atomic E-state index is 0.249. The zero-order valence-corrected chi connectivity index (χ0v) is 17.0. The molecule has 4 aromatic rings. The second kappa shape index (κ2) is 7.60. The Bertz CT molecular complexity index is 1270. The summed E-state index contributed by atoms with van der Waals surface area (Å²) in [6.45, 7) is 2.59. The minimum atomic E-state index is -3.67. The van der Waals surface area contributed by atoms with Gasteiger partial charge in [0.2, 0.25) is 0 Å². The molecule has 7 heteroatoms. The molecule has 0 aliphatic carbocycles. The van der Waals surface area contributed by atoms with Crippen LogP contribution >= 0.6 is 0 Å². The van der Waals surface area contributed by atoms with Crippen LogP contribution in [-0.4, -0.2) is 24.1 Å². The highest BCUT2D eigenvalue weighted by atomic mass is 32.2. The predicted octanol–water partition coefficient (Wildman–Crippen LogP) is 4.26. The lowest BCUT2D eigenvalue weighted by atomic mass is 10.1. The number of rotatable bonds is 6. The van der Waals surface area contributed by atoms with Crippen LogP contribution in [0.5, 0.6) is 5.75 Å². The first-order valence-corrected chi connectivity index (χ1v) is 11.0. The number of fused-ring (bicyclic) bond motifs is 1. The number of hydrogen-bond donors (Lipinski definition) is 1. The Balaban J connectivity index is 1.85. The van der Waals surface area contributed by atoms with Crippen molar-refractivity contribution in [2.75, 3.05) is 11.6 Å². The summed E-state index contributed by atoms with van der Waals surface area (Å²) in [5.41, 5.74) is 4.18. The van der Waals surface area contributed by atoms with Crippen molar-refractivity contribution in [1.82, 2.24) is 9.38 Å². The molecule has 0 saturated carbocycles. The van der Waals surface area contributed by atoms with E-state index in [0.29, 0.717) is 17.8 Å². The van der Waals surface area contributed by atoms with Gasteiger partial charge in [-0.2, -0.15) is 8.42 Å². The zero-order chi connectivity index (χ0) is 20.4. The molecule has 0 spiro atoms. The van der Waals surface area contributed by atoms with Gasteiger partial charge in [-0.25, -0.2) is 4.98 Å². The van der Waals surface area contributed by atoms with Crippen molar-refractivity contribution in [3.63, 3.8) is 0 Å². The van der Waals surface area contributed by atoms with Gasteiger partial charge in [0.15, 0.2) is 5.75 Å². The van der Waals surface area contributed by atoms with E-state index in [4.69, 9.17) is 9.17 Å². The van der Waals surface area contributed by atoms with Crippen molar-refractivity contribution in [1.29, 1.82) is 0 Å². The second-order valence-corrected chi connectivity index (χ2v) is 8.39. The first-order chi connectivity index (χ1) is 13.9. The average molecular weight is 407 g/mol. The SMILES string of the molecule is Cc1cccn2c(NCc3ccccc3)c(-c3ccccc3OS(C)(=O)=O)nc12. The lowest BCUT2D eigenvalue weighted by molar-refractivity contribution is 0.494. The van der Waals surface area contributed by atoms with Gasteiger partial charge in [0.1, 0.15) is 17.2 Å². The highest BCUT2D eigenvalue weighted by Crippen LogP contribution is 2.36. The van der Waals surface area contributed by atoms with Crippen LogP contribution in [0, 0.1) is 6.92 Å². The molecule has 29 heavy (non-hydrogen) atoms. The summed E-state index contributed by atoms with van der Waals surface area (Å²) >= 11 is 0. The monoisotopic (exact) mass is 407 g/mol. The smallest absolute Gasteiger partial charge is 0.306 e. The molecule has 0 aliphatic heterocycles. The van der Waals surface area contributed by atoms with Gasteiger partial charge >= 0.3 is 10.1 Å². The summed E-state index contributed by atoms with van der Waals surface area (Å²) < 4.78 is 30.7. The molecule has 0 amide bonds. The fourth-order valence-corrected chi connectivity index (χ4v) is 3.71. The van der Waals surface area contributed by atoms with Crippen LogP contribution in [0.1, 0.15) is 11.1 Å². The van der Waals surface area contributed by atoms with Crippen LogP contribution < -0.4 is 9.50 Å². The number of hydrogen-bond acceptors (Lipinski definition) is 5. The fraction of sp³-hybridized carbons (Fsp3) is 0.136. The maximum absolute atomic E-state index is 11.7. The quantitative estimate of drug-likeness (QED) is 0.484. The van der Waals surface area contributed by atoms with E-state index in [1.54, 1.807) is 12.1 Å². The van der Waals surface area contributed by atoms with Crippen LogP contribution in [0.25, 0.3) is 16.9 Å². The molecule has 0 saturated heterocycles. The number of aromatic nitrogens is 2. The fourth-order valence-electron chi connectivity index (χ4n) is 3.24. The summed E-state index contributed by atoms with van der Waals surface area (Å²) in [6.07, 6.45) is 2.97. The van der Waals surface area contributed by atoms with Gasteiger partial charge in [-0.15, -0.1) is 0 Å². The maximum atomic E-state index is 11.7. The van der Waals surface area contributed by atoms with E-state index >= 15 is 0 Å². The molecular weight excluding hydrogens is 386 g/mol. The van der Waals surface area contributed by atoms with Crippen molar-refractivity contribution in [2.45, 2.75) is 13.5 Å². The van der Waals surface area contributed by atoms with Crippen molar-refractivity contribution in [3.8, 4) is 17.0 Å². The molecule has 0 unspecified atom stereocenters. The lowest BCUT2D eigenvalue weighted by Crippen LogP contribution is -2.07. The number of benzene rings is 2.